The third kappa shape index (κ3) is 5.08. The van der Waals surface area contributed by atoms with E-state index in [0.717, 1.165) is 51.0 Å². The van der Waals surface area contributed by atoms with E-state index in [1.165, 1.54) is 5.69 Å². The van der Waals surface area contributed by atoms with E-state index in [1.807, 2.05) is 15.7 Å². The molecule has 1 saturated heterocycles. The second kappa shape index (κ2) is 10.4. The first-order valence-electron chi connectivity index (χ1n) is 11.1. The summed E-state index contributed by atoms with van der Waals surface area (Å²) in [6.07, 6.45) is 4.83. The van der Waals surface area contributed by atoms with E-state index in [1.54, 1.807) is 0 Å². The average molecular weight is 404 g/mol. The Morgan fingerprint density at radius 3 is 2.66 bits per heavy atom. The van der Waals surface area contributed by atoms with Crippen molar-refractivity contribution in [2.45, 2.75) is 45.7 Å². The number of nitrogens with zero attached hydrogens (tertiary/aromatic N) is 5. The fourth-order valence-corrected chi connectivity index (χ4v) is 4.43. The Bertz CT molecular complexity index is 692. The molecule has 0 saturated carbocycles. The SMILES string of the molecule is C=CCn1nc(C(=O)N2CCOCC2)c2c1CCC(N(C)CCN(CC)CC)C2. The Kier molecular flexibility index (Phi) is 7.86. The van der Waals surface area contributed by atoms with Crippen molar-refractivity contribution in [2.24, 2.45) is 0 Å². The number of likely N-dealkylation sites (N-methyl/N-ethyl adjacent to an activating group) is 2. The Morgan fingerprint density at radius 1 is 1.28 bits per heavy atom. The fraction of sp³-hybridized carbons (Fsp3) is 0.727. The van der Waals surface area contributed by atoms with Crippen LogP contribution in [0.4, 0.5) is 0 Å². The van der Waals surface area contributed by atoms with Crippen molar-refractivity contribution < 1.29 is 9.53 Å². The third-order valence-electron chi connectivity index (χ3n) is 6.41. The standard InChI is InChI=1S/C22H37N5O2/c1-5-10-27-20-9-8-18(24(4)11-12-25(6-2)7-3)17-19(20)21(23-27)22(28)26-13-15-29-16-14-26/h5,18H,1,6-17H2,2-4H3. The lowest BCUT2D eigenvalue weighted by atomic mass is 9.90. The molecule has 1 aliphatic heterocycles. The summed E-state index contributed by atoms with van der Waals surface area (Å²) in [5, 5.41) is 4.74. The van der Waals surface area contributed by atoms with Crippen LogP contribution in [0.5, 0.6) is 0 Å². The van der Waals surface area contributed by atoms with Crippen molar-refractivity contribution in [1.82, 2.24) is 24.5 Å². The smallest absolute Gasteiger partial charge is 0.274 e. The molecule has 7 nitrogen and oxygen atoms in total. The van der Waals surface area contributed by atoms with Gasteiger partial charge in [-0.05, 0) is 39.4 Å². The molecular formula is C22H37N5O2. The minimum absolute atomic E-state index is 0.0545. The molecule has 7 heteroatoms. The summed E-state index contributed by atoms with van der Waals surface area (Å²) < 4.78 is 7.40. The molecule has 29 heavy (non-hydrogen) atoms. The Balaban J connectivity index is 1.76. The van der Waals surface area contributed by atoms with E-state index in [4.69, 9.17) is 9.84 Å². The molecule has 1 fully saturated rings. The zero-order valence-corrected chi connectivity index (χ0v) is 18.4. The zero-order valence-electron chi connectivity index (χ0n) is 18.4. The van der Waals surface area contributed by atoms with Crippen LogP contribution in [0.1, 0.15) is 42.0 Å². The topological polar surface area (TPSA) is 53.8 Å². The molecule has 0 bridgehead atoms. The largest absolute Gasteiger partial charge is 0.378 e. The van der Waals surface area contributed by atoms with Gasteiger partial charge in [0, 0.05) is 43.5 Å². The molecular weight excluding hydrogens is 366 g/mol. The molecule has 1 aromatic rings. The highest BCUT2D eigenvalue weighted by Crippen LogP contribution is 2.28. The van der Waals surface area contributed by atoms with Crippen LogP contribution >= 0.6 is 0 Å². The number of morpholine rings is 1. The van der Waals surface area contributed by atoms with Gasteiger partial charge in [0.2, 0.25) is 0 Å². The van der Waals surface area contributed by atoms with Gasteiger partial charge in [-0.3, -0.25) is 9.48 Å². The molecule has 1 unspecified atom stereocenters. The molecule has 2 aliphatic rings. The van der Waals surface area contributed by atoms with Gasteiger partial charge in [-0.2, -0.15) is 5.10 Å². The summed E-state index contributed by atoms with van der Waals surface area (Å²) >= 11 is 0. The summed E-state index contributed by atoms with van der Waals surface area (Å²) in [5.74, 6) is 0.0545. The molecule has 0 radical (unpaired) electrons. The van der Waals surface area contributed by atoms with Crippen LogP contribution in [0.2, 0.25) is 0 Å². The number of hydrogen-bond donors (Lipinski definition) is 0. The number of ether oxygens (including phenoxy) is 1. The number of carbonyl (C=O) groups is 1. The maximum atomic E-state index is 13.2. The molecule has 0 N–H and O–H groups in total. The van der Waals surface area contributed by atoms with Gasteiger partial charge >= 0.3 is 0 Å². The number of carbonyl (C=O) groups excluding carboxylic acids is 1. The second-order valence-electron chi connectivity index (χ2n) is 8.05. The Morgan fingerprint density at radius 2 is 2.00 bits per heavy atom. The third-order valence-corrected chi connectivity index (χ3v) is 6.41. The Labute approximate surface area is 175 Å². The summed E-state index contributed by atoms with van der Waals surface area (Å²) in [4.78, 5) is 20.0. The van der Waals surface area contributed by atoms with Crippen molar-refractivity contribution in [2.75, 3.05) is 59.5 Å². The highest BCUT2D eigenvalue weighted by Gasteiger charge is 2.32. The number of allylic oxidation sites excluding steroid dienone is 1. The minimum atomic E-state index is 0.0545. The van der Waals surface area contributed by atoms with Gasteiger partial charge in [-0.1, -0.05) is 19.9 Å². The van der Waals surface area contributed by atoms with Crippen LogP contribution in [-0.4, -0.2) is 96.0 Å². The predicted octanol–water partition coefficient (Wildman–Crippen LogP) is 1.67. The van der Waals surface area contributed by atoms with Gasteiger partial charge in [0.05, 0.1) is 19.8 Å². The lowest BCUT2D eigenvalue weighted by molar-refractivity contribution is 0.0297. The summed E-state index contributed by atoms with van der Waals surface area (Å²) in [6.45, 7) is 15.8. The number of fused-ring (bicyclic) bond motifs is 1. The predicted molar refractivity (Wildman–Crippen MR) is 115 cm³/mol. The highest BCUT2D eigenvalue weighted by atomic mass is 16.5. The molecule has 2 heterocycles. The molecule has 162 valence electrons. The first-order chi connectivity index (χ1) is 14.1. The maximum absolute atomic E-state index is 13.2. The van der Waals surface area contributed by atoms with E-state index in [9.17, 15) is 4.79 Å². The molecule has 1 aliphatic carbocycles. The van der Waals surface area contributed by atoms with E-state index in [2.05, 4.69) is 37.3 Å². The van der Waals surface area contributed by atoms with Crippen LogP contribution in [0, 0.1) is 0 Å². The number of rotatable bonds is 9. The highest BCUT2D eigenvalue weighted by molar-refractivity contribution is 5.94. The Hall–Kier alpha value is -1.70. The lowest BCUT2D eigenvalue weighted by Gasteiger charge is -2.33. The van der Waals surface area contributed by atoms with Crippen LogP contribution < -0.4 is 0 Å². The molecule has 1 amide bonds. The van der Waals surface area contributed by atoms with Gasteiger partial charge in [-0.25, -0.2) is 0 Å². The number of amides is 1. The second-order valence-corrected chi connectivity index (χ2v) is 8.05. The van der Waals surface area contributed by atoms with Gasteiger partial charge in [0.15, 0.2) is 5.69 Å². The molecule has 3 rings (SSSR count). The van der Waals surface area contributed by atoms with E-state index >= 15 is 0 Å². The van der Waals surface area contributed by atoms with Gasteiger partial charge in [0.25, 0.3) is 5.91 Å². The first kappa shape index (κ1) is 22.0. The van der Waals surface area contributed by atoms with Crippen molar-refractivity contribution in [1.29, 1.82) is 0 Å². The zero-order chi connectivity index (χ0) is 20.8. The number of aromatic nitrogens is 2. The molecule has 0 aromatic carbocycles. The molecule has 1 atom stereocenters. The quantitative estimate of drug-likeness (QED) is 0.587. The van der Waals surface area contributed by atoms with Crippen LogP contribution in [-0.2, 0) is 24.1 Å². The van der Waals surface area contributed by atoms with Gasteiger partial charge in [-0.15, -0.1) is 6.58 Å². The van der Waals surface area contributed by atoms with Gasteiger partial charge < -0.3 is 19.4 Å². The van der Waals surface area contributed by atoms with Crippen LogP contribution in [0.25, 0.3) is 0 Å². The van der Waals surface area contributed by atoms with Crippen molar-refractivity contribution >= 4 is 5.91 Å². The maximum Gasteiger partial charge on any atom is 0.274 e. The molecule has 0 spiro atoms. The normalized spacial score (nSPS) is 19.6. The lowest BCUT2D eigenvalue weighted by Crippen LogP contribution is -2.43. The summed E-state index contributed by atoms with van der Waals surface area (Å²) in [6, 6.07) is 0.454. The average Bonchev–Trinajstić information content (AvgIpc) is 3.12. The van der Waals surface area contributed by atoms with E-state index in [0.29, 0.717) is 44.6 Å². The monoisotopic (exact) mass is 403 g/mol. The summed E-state index contributed by atoms with van der Waals surface area (Å²) in [5.41, 5.74) is 3.01. The van der Waals surface area contributed by atoms with Crippen molar-refractivity contribution in [3.05, 3.63) is 29.6 Å². The minimum Gasteiger partial charge on any atom is -0.378 e. The summed E-state index contributed by atoms with van der Waals surface area (Å²) in [7, 11) is 2.22. The van der Waals surface area contributed by atoms with E-state index in [-0.39, 0.29) is 5.91 Å². The fourth-order valence-electron chi connectivity index (χ4n) is 4.43. The number of hydrogen-bond acceptors (Lipinski definition) is 5. The van der Waals surface area contributed by atoms with E-state index < -0.39 is 0 Å². The first-order valence-corrected chi connectivity index (χ1v) is 11.1. The van der Waals surface area contributed by atoms with Gasteiger partial charge in [0.1, 0.15) is 0 Å². The van der Waals surface area contributed by atoms with Crippen LogP contribution in [0.3, 0.4) is 0 Å². The van der Waals surface area contributed by atoms with Crippen molar-refractivity contribution in [3.8, 4) is 0 Å². The molecule has 1 aromatic heterocycles. The van der Waals surface area contributed by atoms with Crippen LogP contribution in [0.15, 0.2) is 12.7 Å². The van der Waals surface area contributed by atoms with Crippen molar-refractivity contribution in [3.63, 3.8) is 0 Å².